The summed E-state index contributed by atoms with van der Waals surface area (Å²) in [5, 5.41) is 15.5. The summed E-state index contributed by atoms with van der Waals surface area (Å²) in [5.74, 6) is -0.809. The molecule has 2 rings (SSSR count). The first kappa shape index (κ1) is 9.32. The van der Waals surface area contributed by atoms with Crippen molar-refractivity contribution in [2.24, 2.45) is 7.05 Å². The van der Waals surface area contributed by atoms with E-state index in [2.05, 4.69) is 10.4 Å². The summed E-state index contributed by atoms with van der Waals surface area (Å²) in [5.41, 5.74) is 0.740. The van der Waals surface area contributed by atoms with Gasteiger partial charge in [0, 0.05) is 19.3 Å². The SMILES string of the molecule is Cn1cc(Nc2ccc(C(=O)O)o2)cn1. The van der Waals surface area contributed by atoms with Gasteiger partial charge in [-0.2, -0.15) is 5.10 Å². The fourth-order valence-electron chi connectivity index (χ4n) is 1.15. The van der Waals surface area contributed by atoms with Crippen molar-refractivity contribution in [2.45, 2.75) is 0 Å². The summed E-state index contributed by atoms with van der Waals surface area (Å²) in [7, 11) is 1.79. The molecule has 2 N–H and O–H groups in total. The van der Waals surface area contributed by atoms with Crippen LogP contribution in [0.25, 0.3) is 0 Å². The second-order valence-corrected chi connectivity index (χ2v) is 3.00. The quantitative estimate of drug-likeness (QED) is 0.796. The largest absolute Gasteiger partial charge is 0.475 e. The Kier molecular flexibility index (Phi) is 2.17. The van der Waals surface area contributed by atoms with E-state index in [1.54, 1.807) is 30.2 Å². The minimum atomic E-state index is -1.09. The summed E-state index contributed by atoms with van der Waals surface area (Å²) in [4.78, 5) is 10.5. The van der Waals surface area contributed by atoms with Crippen molar-refractivity contribution in [3.05, 3.63) is 30.3 Å². The van der Waals surface area contributed by atoms with Crippen LogP contribution in [0, 0.1) is 0 Å². The minimum Gasteiger partial charge on any atom is -0.475 e. The lowest BCUT2D eigenvalue weighted by atomic mass is 10.4. The van der Waals surface area contributed by atoms with E-state index in [4.69, 9.17) is 9.52 Å². The molecule has 15 heavy (non-hydrogen) atoms. The molecule has 0 radical (unpaired) electrons. The number of anilines is 2. The van der Waals surface area contributed by atoms with E-state index in [-0.39, 0.29) is 5.76 Å². The molecule has 0 amide bonds. The molecule has 0 aliphatic heterocycles. The van der Waals surface area contributed by atoms with Crippen LogP contribution in [0.15, 0.2) is 28.9 Å². The number of aryl methyl sites for hydroxylation is 1. The number of aromatic carboxylic acids is 1. The van der Waals surface area contributed by atoms with Gasteiger partial charge in [0.25, 0.3) is 0 Å². The Morgan fingerprint density at radius 3 is 2.93 bits per heavy atom. The first-order valence-corrected chi connectivity index (χ1v) is 4.24. The van der Waals surface area contributed by atoms with Crippen molar-refractivity contribution in [3.8, 4) is 0 Å². The zero-order valence-electron chi connectivity index (χ0n) is 7.97. The zero-order valence-corrected chi connectivity index (χ0v) is 7.97. The van der Waals surface area contributed by atoms with Crippen molar-refractivity contribution >= 4 is 17.5 Å². The van der Waals surface area contributed by atoms with Crippen molar-refractivity contribution in [3.63, 3.8) is 0 Å². The van der Waals surface area contributed by atoms with E-state index in [9.17, 15) is 4.79 Å². The monoisotopic (exact) mass is 207 g/mol. The molecule has 2 aromatic heterocycles. The second-order valence-electron chi connectivity index (χ2n) is 3.00. The van der Waals surface area contributed by atoms with Gasteiger partial charge >= 0.3 is 5.97 Å². The molecule has 0 atom stereocenters. The van der Waals surface area contributed by atoms with Crippen LogP contribution in [0.1, 0.15) is 10.6 Å². The third-order valence-electron chi connectivity index (χ3n) is 1.79. The lowest BCUT2D eigenvalue weighted by Crippen LogP contribution is -1.92. The van der Waals surface area contributed by atoms with Crippen LogP contribution < -0.4 is 5.32 Å². The Morgan fingerprint density at radius 1 is 1.60 bits per heavy atom. The highest BCUT2D eigenvalue weighted by atomic mass is 16.4. The normalized spacial score (nSPS) is 10.2. The van der Waals surface area contributed by atoms with Crippen LogP contribution >= 0.6 is 0 Å². The smallest absolute Gasteiger partial charge is 0.371 e. The van der Waals surface area contributed by atoms with Gasteiger partial charge in [-0.25, -0.2) is 4.79 Å². The van der Waals surface area contributed by atoms with Crippen LogP contribution in [0.3, 0.4) is 0 Å². The Balaban J connectivity index is 2.14. The molecule has 0 aromatic carbocycles. The maximum atomic E-state index is 10.5. The third kappa shape index (κ3) is 1.98. The first-order chi connectivity index (χ1) is 7.15. The molecule has 0 aliphatic rings. The molecule has 0 aliphatic carbocycles. The first-order valence-electron chi connectivity index (χ1n) is 4.24. The second kappa shape index (κ2) is 3.49. The van der Waals surface area contributed by atoms with Crippen molar-refractivity contribution < 1.29 is 14.3 Å². The molecular weight excluding hydrogens is 198 g/mol. The Labute approximate surface area is 85.1 Å². The number of furan rings is 1. The topological polar surface area (TPSA) is 80.3 Å². The maximum absolute atomic E-state index is 10.5. The number of nitrogens with zero attached hydrogens (tertiary/aromatic N) is 2. The number of carboxylic acids is 1. The number of hydrogen-bond acceptors (Lipinski definition) is 4. The molecule has 0 spiro atoms. The molecule has 2 aromatic rings. The van der Waals surface area contributed by atoms with Crippen molar-refractivity contribution in [1.82, 2.24) is 9.78 Å². The Hall–Kier alpha value is -2.24. The summed E-state index contributed by atoms with van der Waals surface area (Å²) in [6.07, 6.45) is 3.37. The number of hydrogen-bond donors (Lipinski definition) is 2. The number of rotatable bonds is 3. The standard InChI is InChI=1S/C9H9N3O3/c1-12-5-6(4-10-12)11-8-3-2-7(15-8)9(13)14/h2-5,11H,1H3,(H,13,14). The average molecular weight is 207 g/mol. The van der Waals surface area contributed by atoms with Gasteiger partial charge in [0.2, 0.25) is 5.76 Å². The van der Waals surface area contributed by atoms with Crippen molar-refractivity contribution in [1.29, 1.82) is 0 Å². The van der Waals surface area contributed by atoms with Crippen LogP contribution in [-0.4, -0.2) is 20.9 Å². The van der Waals surface area contributed by atoms with E-state index in [0.717, 1.165) is 5.69 Å². The Morgan fingerprint density at radius 2 is 2.40 bits per heavy atom. The zero-order chi connectivity index (χ0) is 10.8. The van der Waals surface area contributed by atoms with Crippen LogP contribution in [0.5, 0.6) is 0 Å². The third-order valence-corrected chi connectivity index (χ3v) is 1.79. The molecule has 78 valence electrons. The van der Waals surface area contributed by atoms with Gasteiger partial charge < -0.3 is 14.8 Å². The van der Waals surface area contributed by atoms with Crippen molar-refractivity contribution in [2.75, 3.05) is 5.32 Å². The molecule has 0 unspecified atom stereocenters. The summed E-state index contributed by atoms with van der Waals surface area (Å²) < 4.78 is 6.64. The summed E-state index contributed by atoms with van der Waals surface area (Å²) in [6.45, 7) is 0. The summed E-state index contributed by atoms with van der Waals surface area (Å²) in [6, 6.07) is 2.94. The van der Waals surface area contributed by atoms with Gasteiger partial charge in [0.1, 0.15) is 0 Å². The molecule has 0 bridgehead atoms. The van der Waals surface area contributed by atoms with E-state index >= 15 is 0 Å². The van der Waals surface area contributed by atoms with Crippen LogP contribution in [-0.2, 0) is 7.05 Å². The highest BCUT2D eigenvalue weighted by molar-refractivity contribution is 5.85. The fraction of sp³-hybridized carbons (Fsp3) is 0.111. The van der Waals surface area contributed by atoms with Crippen LogP contribution in [0.4, 0.5) is 11.6 Å². The summed E-state index contributed by atoms with van der Waals surface area (Å²) >= 11 is 0. The van der Waals surface area contributed by atoms with E-state index in [1.165, 1.54) is 6.07 Å². The predicted molar refractivity (Wildman–Crippen MR) is 52.2 cm³/mol. The van der Waals surface area contributed by atoms with Gasteiger partial charge in [0.05, 0.1) is 11.9 Å². The van der Waals surface area contributed by atoms with E-state index in [1.807, 2.05) is 0 Å². The Bertz CT molecular complexity index is 486. The molecule has 0 saturated heterocycles. The highest BCUT2D eigenvalue weighted by Crippen LogP contribution is 2.18. The highest BCUT2D eigenvalue weighted by Gasteiger charge is 2.08. The number of carbonyl (C=O) groups is 1. The average Bonchev–Trinajstić information content (AvgIpc) is 2.76. The number of carboxylic acid groups (broad SMARTS) is 1. The van der Waals surface area contributed by atoms with E-state index < -0.39 is 5.97 Å². The molecule has 2 heterocycles. The van der Waals surface area contributed by atoms with Crippen LogP contribution in [0.2, 0.25) is 0 Å². The minimum absolute atomic E-state index is 0.0959. The molecule has 0 fully saturated rings. The molecular formula is C9H9N3O3. The number of aromatic nitrogens is 2. The lowest BCUT2D eigenvalue weighted by molar-refractivity contribution is 0.0663. The van der Waals surface area contributed by atoms with Gasteiger partial charge in [-0.1, -0.05) is 0 Å². The molecule has 0 saturated carbocycles. The molecule has 6 nitrogen and oxygen atoms in total. The predicted octanol–water partition coefficient (Wildman–Crippen LogP) is 1.45. The maximum Gasteiger partial charge on any atom is 0.371 e. The van der Waals surface area contributed by atoms with Gasteiger partial charge in [0.15, 0.2) is 5.88 Å². The molecule has 6 heteroatoms. The number of nitrogens with one attached hydrogen (secondary N) is 1. The van der Waals surface area contributed by atoms with Gasteiger partial charge in [-0.3, -0.25) is 4.68 Å². The fourth-order valence-corrected chi connectivity index (χ4v) is 1.15. The lowest BCUT2D eigenvalue weighted by Gasteiger charge is -1.96. The van der Waals surface area contributed by atoms with E-state index in [0.29, 0.717) is 5.88 Å². The van der Waals surface area contributed by atoms with Gasteiger partial charge in [-0.15, -0.1) is 0 Å². The van der Waals surface area contributed by atoms with Gasteiger partial charge in [-0.05, 0) is 6.07 Å².